The number of furan rings is 1. The molecule has 0 atom stereocenters. The van der Waals surface area contributed by atoms with Crippen molar-refractivity contribution >= 4 is 29.3 Å². The molecule has 1 aliphatic heterocycles. The zero-order valence-electron chi connectivity index (χ0n) is 16.8. The molecule has 3 heterocycles. The highest BCUT2D eigenvalue weighted by atomic mass is 32.2. The molecule has 154 valence electrons. The molecular weight excluding hydrogens is 400 g/mol. The topological polar surface area (TPSA) is 88.3 Å². The van der Waals surface area contributed by atoms with Gasteiger partial charge in [-0.05, 0) is 49.4 Å². The smallest absolute Gasteiger partial charge is 0.256 e. The highest BCUT2D eigenvalue weighted by Gasteiger charge is 2.22. The number of nitrogens with zero attached hydrogens (tertiary/aromatic N) is 3. The average Bonchev–Trinajstić information content (AvgIpc) is 3.43. The van der Waals surface area contributed by atoms with Gasteiger partial charge in [0.05, 0.1) is 17.5 Å². The van der Waals surface area contributed by atoms with E-state index in [1.54, 1.807) is 30.2 Å². The quantitative estimate of drug-likeness (QED) is 0.480. The Kier molecular flexibility index (Phi) is 5.85. The average molecular weight is 423 g/mol. The highest BCUT2D eigenvalue weighted by molar-refractivity contribution is 7.98. The summed E-state index contributed by atoms with van der Waals surface area (Å²) < 4.78 is 5.38. The summed E-state index contributed by atoms with van der Waals surface area (Å²) in [6, 6.07) is 11.3. The molecule has 1 saturated heterocycles. The van der Waals surface area contributed by atoms with E-state index in [4.69, 9.17) is 4.42 Å². The van der Waals surface area contributed by atoms with E-state index in [0.29, 0.717) is 40.8 Å². The zero-order chi connectivity index (χ0) is 21.1. The Labute approximate surface area is 178 Å². The number of amides is 2. The minimum atomic E-state index is -0.231. The molecule has 0 unspecified atom stereocenters. The molecule has 1 aromatic carbocycles. The predicted octanol–water partition coefficient (Wildman–Crippen LogP) is 3.82. The van der Waals surface area contributed by atoms with Crippen LogP contribution in [0.3, 0.4) is 0 Å². The second-order valence-electron chi connectivity index (χ2n) is 7.00. The third kappa shape index (κ3) is 4.09. The number of carbonyl (C=O) groups excluding carboxylic acids is 2. The first-order valence-electron chi connectivity index (χ1n) is 9.71. The maximum Gasteiger partial charge on any atom is 0.256 e. The number of carbonyl (C=O) groups is 2. The van der Waals surface area contributed by atoms with Gasteiger partial charge in [0.1, 0.15) is 5.03 Å². The van der Waals surface area contributed by atoms with Gasteiger partial charge >= 0.3 is 0 Å². The van der Waals surface area contributed by atoms with Crippen LogP contribution in [0.4, 0.5) is 5.69 Å². The first-order chi connectivity index (χ1) is 14.6. The van der Waals surface area contributed by atoms with Crippen LogP contribution < -0.4 is 10.2 Å². The molecule has 3 aromatic rings. The van der Waals surface area contributed by atoms with E-state index in [0.717, 1.165) is 24.2 Å². The summed E-state index contributed by atoms with van der Waals surface area (Å²) in [6.45, 7) is 2.88. The molecule has 30 heavy (non-hydrogen) atoms. The first kappa shape index (κ1) is 20.2. The van der Waals surface area contributed by atoms with E-state index in [1.165, 1.54) is 11.8 Å². The van der Waals surface area contributed by atoms with Crippen LogP contribution in [0.15, 0.2) is 52.1 Å². The van der Waals surface area contributed by atoms with Crippen molar-refractivity contribution < 1.29 is 14.0 Å². The lowest BCUT2D eigenvalue weighted by Crippen LogP contribution is -2.26. The van der Waals surface area contributed by atoms with E-state index in [1.807, 2.05) is 30.5 Å². The Morgan fingerprint density at radius 2 is 2.13 bits per heavy atom. The van der Waals surface area contributed by atoms with Crippen molar-refractivity contribution in [3.8, 4) is 11.6 Å². The van der Waals surface area contributed by atoms with E-state index >= 15 is 0 Å². The first-order valence-corrected chi connectivity index (χ1v) is 10.9. The van der Waals surface area contributed by atoms with E-state index < -0.39 is 0 Å². The fourth-order valence-electron chi connectivity index (χ4n) is 3.50. The van der Waals surface area contributed by atoms with Crippen molar-refractivity contribution in [1.29, 1.82) is 0 Å². The van der Waals surface area contributed by atoms with Crippen LogP contribution in [0.25, 0.3) is 11.6 Å². The van der Waals surface area contributed by atoms with Crippen molar-refractivity contribution in [3.63, 3.8) is 0 Å². The van der Waals surface area contributed by atoms with Crippen LogP contribution in [0.2, 0.25) is 0 Å². The standard InChI is InChI=1S/C22H22N4O3S/c1-14-19(22(30-2)25-20(24-14)17-8-5-11-29-17)21(28)23-13-15-6-3-7-16(12-15)26-10-4-9-18(26)27/h3,5-8,11-12H,4,9-10,13H2,1-2H3,(H,23,28). The normalized spacial score (nSPS) is 13.7. The van der Waals surface area contributed by atoms with Gasteiger partial charge in [0.15, 0.2) is 11.6 Å². The van der Waals surface area contributed by atoms with Crippen LogP contribution in [0, 0.1) is 6.92 Å². The lowest BCUT2D eigenvalue weighted by molar-refractivity contribution is -0.117. The molecule has 1 aliphatic rings. The number of nitrogens with one attached hydrogen (secondary N) is 1. The van der Waals surface area contributed by atoms with Gasteiger partial charge in [-0.3, -0.25) is 9.59 Å². The minimum Gasteiger partial charge on any atom is -0.461 e. The van der Waals surface area contributed by atoms with Gasteiger partial charge < -0.3 is 14.6 Å². The van der Waals surface area contributed by atoms with Gasteiger partial charge in [-0.1, -0.05) is 12.1 Å². The Bertz CT molecular complexity index is 1080. The van der Waals surface area contributed by atoms with Crippen LogP contribution >= 0.6 is 11.8 Å². The summed E-state index contributed by atoms with van der Waals surface area (Å²) in [5.74, 6) is 0.936. The van der Waals surface area contributed by atoms with E-state index in [2.05, 4.69) is 15.3 Å². The molecule has 8 heteroatoms. The molecular formula is C22H22N4O3S. The van der Waals surface area contributed by atoms with Crippen LogP contribution in [-0.2, 0) is 11.3 Å². The molecule has 1 fully saturated rings. The molecule has 0 bridgehead atoms. The summed E-state index contributed by atoms with van der Waals surface area (Å²) in [5.41, 5.74) is 2.85. The number of thioether (sulfide) groups is 1. The highest BCUT2D eigenvalue weighted by Crippen LogP contribution is 2.26. The number of rotatable bonds is 6. The van der Waals surface area contributed by atoms with Crippen LogP contribution in [0.1, 0.15) is 34.5 Å². The van der Waals surface area contributed by atoms with Gasteiger partial charge in [-0.15, -0.1) is 11.8 Å². The van der Waals surface area contributed by atoms with Gasteiger partial charge in [0, 0.05) is 25.2 Å². The van der Waals surface area contributed by atoms with Gasteiger partial charge in [0.2, 0.25) is 5.91 Å². The zero-order valence-corrected chi connectivity index (χ0v) is 17.7. The van der Waals surface area contributed by atoms with Crippen molar-refractivity contribution in [3.05, 3.63) is 59.5 Å². The number of aromatic nitrogens is 2. The summed E-state index contributed by atoms with van der Waals surface area (Å²) in [4.78, 5) is 35.7. The molecule has 4 rings (SSSR count). The minimum absolute atomic E-state index is 0.144. The maximum atomic E-state index is 12.9. The number of hydrogen-bond acceptors (Lipinski definition) is 6. The van der Waals surface area contributed by atoms with Gasteiger partial charge in [-0.2, -0.15) is 0 Å². The summed E-state index contributed by atoms with van der Waals surface area (Å²) >= 11 is 1.39. The lowest BCUT2D eigenvalue weighted by atomic mass is 10.1. The second kappa shape index (κ2) is 8.71. The Morgan fingerprint density at radius 1 is 1.27 bits per heavy atom. The molecule has 2 amide bonds. The summed E-state index contributed by atoms with van der Waals surface area (Å²) in [5, 5.41) is 3.55. The molecule has 0 radical (unpaired) electrons. The third-order valence-corrected chi connectivity index (χ3v) is 5.65. The molecule has 2 aromatic heterocycles. The van der Waals surface area contributed by atoms with Crippen molar-refractivity contribution in [2.45, 2.75) is 31.3 Å². The van der Waals surface area contributed by atoms with Gasteiger partial charge in [0.25, 0.3) is 5.91 Å². The van der Waals surface area contributed by atoms with E-state index in [-0.39, 0.29) is 11.8 Å². The Morgan fingerprint density at radius 3 is 2.83 bits per heavy atom. The fourth-order valence-corrected chi connectivity index (χ4v) is 4.12. The summed E-state index contributed by atoms with van der Waals surface area (Å²) in [7, 11) is 0. The second-order valence-corrected chi connectivity index (χ2v) is 7.79. The number of benzene rings is 1. The monoisotopic (exact) mass is 422 g/mol. The van der Waals surface area contributed by atoms with Crippen LogP contribution in [0.5, 0.6) is 0 Å². The SMILES string of the molecule is CSc1nc(-c2ccco2)nc(C)c1C(=O)NCc1cccc(N2CCCC2=O)c1. The molecule has 1 N–H and O–H groups in total. The van der Waals surface area contributed by atoms with Crippen molar-refractivity contribution in [1.82, 2.24) is 15.3 Å². The largest absolute Gasteiger partial charge is 0.461 e. The number of hydrogen-bond donors (Lipinski definition) is 1. The maximum absolute atomic E-state index is 12.9. The number of anilines is 1. The fraction of sp³-hybridized carbons (Fsp3) is 0.273. The van der Waals surface area contributed by atoms with Crippen molar-refractivity contribution in [2.75, 3.05) is 17.7 Å². The molecule has 0 spiro atoms. The lowest BCUT2D eigenvalue weighted by Gasteiger charge is -2.17. The molecule has 0 aliphatic carbocycles. The van der Waals surface area contributed by atoms with Crippen LogP contribution in [-0.4, -0.2) is 34.6 Å². The number of aryl methyl sites for hydroxylation is 1. The molecule has 0 saturated carbocycles. The Hall–Kier alpha value is -3.13. The third-order valence-electron chi connectivity index (χ3n) is 4.97. The summed E-state index contributed by atoms with van der Waals surface area (Å²) in [6.07, 6.45) is 4.91. The van der Waals surface area contributed by atoms with Crippen molar-refractivity contribution in [2.24, 2.45) is 0 Å². The predicted molar refractivity (Wildman–Crippen MR) is 115 cm³/mol. The Balaban J connectivity index is 1.51. The van der Waals surface area contributed by atoms with Gasteiger partial charge in [-0.25, -0.2) is 9.97 Å². The van der Waals surface area contributed by atoms with E-state index in [9.17, 15) is 9.59 Å². The molecule has 7 nitrogen and oxygen atoms in total.